The molecule has 0 amide bonds. The number of ether oxygens (including phenoxy) is 1. The fourth-order valence-electron chi connectivity index (χ4n) is 1.81. The first kappa shape index (κ1) is 13.0. The van der Waals surface area contributed by atoms with Crippen molar-refractivity contribution in [3.8, 4) is 5.75 Å². The van der Waals surface area contributed by atoms with Gasteiger partial charge < -0.3 is 4.74 Å². The summed E-state index contributed by atoms with van der Waals surface area (Å²) in [7, 11) is 0. The fourth-order valence-corrected chi connectivity index (χ4v) is 1.81. The van der Waals surface area contributed by atoms with E-state index in [0.29, 0.717) is 18.7 Å². The molecular formula is C13H22N2O. The van der Waals surface area contributed by atoms with Gasteiger partial charge in [-0.2, -0.15) is 0 Å². The summed E-state index contributed by atoms with van der Waals surface area (Å²) >= 11 is 0. The van der Waals surface area contributed by atoms with Crippen LogP contribution < -0.4 is 4.74 Å². The Morgan fingerprint density at radius 1 is 1.25 bits per heavy atom. The van der Waals surface area contributed by atoms with Crippen molar-refractivity contribution in [1.29, 1.82) is 0 Å². The minimum absolute atomic E-state index is 0.553. The van der Waals surface area contributed by atoms with Gasteiger partial charge in [-0.3, -0.25) is 9.88 Å². The molecule has 3 nitrogen and oxygen atoms in total. The molecule has 0 bridgehead atoms. The molecule has 0 aliphatic carbocycles. The Bertz CT molecular complexity index is 277. The number of hydrogen-bond acceptors (Lipinski definition) is 3. The third-order valence-corrected chi connectivity index (χ3v) is 2.58. The van der Waals surface area contributed by atoms with Gasteiger partial charge in [0.25, 0.3) is 0 Å². The topological polar surface area (TPSA) is 25.4 Å². The van der Waals surface area contributed by atoms with E-state index in [-0.39, 0.29) is 0 Å². The van der Waals surface area contributed by atoms with Gasteiger partial charge in [0.15, 0.2) is 0 Å². The van der Waals surface area contributed by atoms with Gasteiger partial charge in [-0.15, -0.1) is 0 Å². The zero-order chi connectivity index (χ0) is 12.0. The maximum absolute atomic E-state index is 5.63. The number of hydrogen-bond donors (Lipinski definition) is 0. The van der Waals surface area contributed by atoms with Gasteiger partial charge in [0.2, 0.25) is 0 Å². The minimum Gasteiger partial charge on any atom is -0.491 e. The Labute approximate surface area is 98.4 Å². The number of rotatable bonds is 6. The summed E-state index contributed by atoms with van der Waals surface area (Å²) in [5.74, 6) is 0.843. The molecule has 0 saturated carbocycles. The lowest BCUT2D eigenvalue weighted by molar-refractivity contribution is 0.142. The first-order valence-corrected chi connectivity index (χ1v) is 5.90. The number of nitrogens with zero attached hydrogens (tertiary/aromatic N) is 2. The van der Waals surface area contributed by atoms with E-state index in [1.165, 1.54) is 0 Å². The summed E-state index contributed by atoms with van der Waals surface area (Å²) < 4.78 is 5.63. The molecule has 1 aromatic heterocycles. The van der Waals surface area contributed by atoms with E-state index in [1.807, 2.05) is 12.1 Å². The molecule has 16 heavy (non-hydrogen) atoms. The van der Waals surface area contributed by atoms with E-state index in [4.69, 9.17) is 4.74 Å². The molecule has 0 aromatic carbocycles. The third kappa shape index (κ3) is 4.19. The quantitative estimate of drug-likeness (QED) is 0.739. The third-order valence-electron chi connectivity index (χ3n) is 2.58. The van der Waals surface area contributed by atoms with Crippen LogP contribution in [0.25, 0.3) is 0 Å². The van der Waals surface area contributed by atoms with Gasteiger partial charge in [-0.05, 0) is 39.8 Å². The van der Waals surface area contributed by atoms with Crippen LogP contribution in [0.4, 0.5) is 0 Å². The van der Waals surface area contributed by atoms with E-state index in [1.54, 1.807) is 12.4 Å². The summed E-state index contributed by atoms with van der Waals surface area (Å²) in [6, 6.07) is 4.93. The van der Waals surface area contributed by atoms with Gasteiger partial charge in [0.05, 0.1) is 6.20 Å². The highest BCUT2D eigenvalue weighted by atomic mass is 16.5. The van der Waals surface area contributed by atoms with Crippen molar-refractivity contribution in [2.45, 2.75) is 39.8 Å². The van der Waals surface area contributed by atoms with Crippen molar-refractivity contribution < 1.29 is 4.74 Å². The van der Waals surface area contributed by atoms with Crippen molar-refractivity contribution >= 4 is 0 Å². The summed E-state index contributed by atoms with van der Waals surface area (Å²) in [6.45, 7) is 10.5. The Hall–Kier alpha value is -1.09. The lowest BCUT2D eigenvalue weighted by atomic mass is 10.2. The molecule has 0 N–H and O–H groups in total. The lowest BCUT2D eigenvalue weighted by Gasteiger charge is -2.30. The molecule has 0 spiro atoms. The molecular weight excluding hydrogens is 200 g/mol. The second-order valence-electron chi connectivity index (χ2n) is 4.46. The Kier molecular flexibility index (Phi) is 5.26. The largest absolute Gasteiger partial charge is 0.491 e. The van der Waals surface area contributed by atoms with E-state index >= 15 is 0 Å². The van der Waals surface area contributed by atoms with Crippen LogP contribution in [0, 0.1) is 0 Å². The monoisotopic (exact) mass is 222 g/mol. The van der Waals surface area contributed by atoms with E-state index in [2.05, 4.69) is 37.6 Å². The van der Waals surface area contributed by atoms with Crippen LogP contribution in [0.3, 0.4) is 0 Å². The van der Waals surface area contributed by atoms with Crippen molar-refractivity contribution in [1.82, 2.24) is 9.88 Å². The first-order valence-electron chi connectivity index (χ1n) is 5.90. The molecule has 0 saturated heterocycles. The summed E-state index contributed by atoms with van der Waals surface area (Å²) in [5.41, 5.74) is 0. The Morgan fingerprint density at radius 3 is 2.44 bits per heavy atom. The van der Waals surface area contributed by atoms with E-state index in [9.17, 15) is 0 Å². The molecule has 1 rings (SSSR count). The smallest absolute Gasteiger partial charge is 0.137 e. The van der Waals surface area contributed by atoms with Crippen LogP contribution in [-0.4, -0.2) is 35.1 Å². The molecule has 3 heteroatoms. The molecule has 0 unspecified atom stereocenters. The van der Waals surface area contributed by atoms with Crippen LogP contribution in [0.15, 0.2) is 24.5 Å². The Balaban J connectivity index is 2.34. The molecule has 0 atom stereocenters. The van der Waals surface area contributed by atoms with Gasteiger partial charge in [0, 0.05) is 24.8 Å². The summed E-state index contributed by atoms with van der Waals surface area (Å²) in [5, 5.41) is 0. The SMILES string of the molecule is CC(C)N(CCOc1cccnc1)C(C)C. The molecule has 0 aliphatic heterocycles. The van der Waals surface area contributed by atoms with E-state index in [0.717, 1.165) is 12.3 Å². The van der Waals surface area contributed by atoms with Gasteiger partial charge in [-0.25, -0.2) is 0 Å². The highest BCUT2D eigenvalue weighted by Crippen LogP contribution is 2.08. The minimum atomic E-state index is 0.553. The fraction of sp³-hybridized carbons (Fsp3) is 0.615. The van der Waals surface area contributed by atoms with Crippen LogP contribution in [-0.2, 0) is 0 Å². The maximum atomic E-state index is 5.63. The lowest BCUT2D eigenvalue weighted by Crippen LogP contribution is -2.39. The Morgan fingerprint density at radius 2 is 1.94 bits per heavy atom. The second-order valence-corrected chi connectivity index (χ2v) is 4.46. The van der Waals surface area contributed by atoms with Crippen LogP contribution in [0.5, 0.6) is 5.75 Å². The van der Waals surface area contributed by atoms with Gasteiger partial charge in [-0.1, -0.05) is 0 Å². The molecule has 0 radical (unpaired) electrons. The molecule has 1 heterocycles. The van der Waals surface area contributed by atoms with Gasteiger partial charge in [0.1, 0.15) is 12.4 Å². The highest BCUT2D eigenvalue weighted by molar-refractivity contribution is 5.15. The van der Waals surface area contributed by atoms with Crippen LogP contribution >= 0.6 is 0 Å². The zero-order valence-electron chi connectivity index (χ0n) is 10.7. The van der Waals surface area contributed by atoms with Crippen molar-refractivity contribution in [3.05, 3.63) is 24.5 Å². The molecule has 0 fully saturated rings. The predicted molar refractivity (Wildman–Crippen MR) is 66.7 cm³/mol. The first-order chi connectivity index (χ1) is 7.61. The average Bonchev–Trinajstić information content (AvgIpc) is 2.24. The van der Waals surface area contributed by atoms with Crippen molar-refractivity contribution in [3.63, 3.8) is 0 Å². The van der Waals surface area contributed by atoms with Crippen molar-refractivity contribution in [2.75, 3.05) is 13.2 Å². The predicted octanol–water partition coefficient (Wildman–Crippen LogP) is 2.58. The van der Waals surface area contributed by atoms with Crippen LogP contribution in [0.1, 0.15) is 27.7 Å². The molecule has 90 valence electrons. The van der Waals surface area contributed by atoms with Crippen LogP contribution in [0.2, 0.25) is 0 Å². The second kappa shape index (κ2) is 6.48. The summed E-state index contributed by atoms with van der Waals surface area (Å²) in [6.07, 6.45) is 3.50. The standard InChI is InChI=1S/C13H22N2O/c1-11(2)15(12(3)4)8-9-16-13-6-5-7-14-10-13/h5-7,10-12H,8-9H2,1-4H3. The number of aromatic nitrogens is 1. The summed E-state index contributed by atoms with van der Waals surface area (Å²) in [4.78, 5) is 6.43. The zero-order valence-corrected chi connectivity index (χ0v) is 10.7. The molecule has 0 aliphatic rings. The van der Waals surface area contributed by atoms with Crippen molar-refractivity contribution in [2.24, 2.45) is 0 Å². The van der Waals surface area contributed by atoms with Gasteiger partial charge >= 0.3 is 0 Å². The highest BCUT2D eigenvalue weighted by Gasteiger charge is 2.12. The maximum Gasteiger partial charge on any atom is 0.137 e. The van der Waals surface area contributed by atoms with E-state index < -0.39 is 0 Å². The molecule has 1 aromatic rings. The average molecular weight is 222 g/mol. The normalized spacial score (nSPS) is 11.4. The number of pyridine rings is 1.